The minimum absolute atomic E-state index is 0.389. The van der Waals surface area contributed by atoms with Crippen molar-refractivity contribution < 1.29 is 9.53 Å². The van der Waals surface area contributed by atoms with Gasteiger partial charge in [-0.3, -0.25) is 4.90 Å². The lowest BCUT2D eigenvalue weighted by Gasteiger charge is -2.41. The number of methoxy groups -OCH3 is 1. The maximum atomic E-state index is 12.3. The molecule has 5 nitrogen and oxygen atoms in total. The fraction of sp³-hybridized carbons (Fsp3) is 0.562. The Morgan fingerprint density at radius 2 is 2.05 bits per heavy atom. The van der Waals surface area contributed by atoms with E-state index in [1.807, 2.05) is 30.3 Å². The fourth-order valence-corrected chi connectivity index (χ4v) is 2.81. The van der Waals surface area contributed by atoms with Gasteiger partial charge in [0.1, 0.15) is 0 Å². The summed E-state index contributed by atoms with van der Waals surface area (Å²) in [5.74, 6) is -0.389. The van der Waals surface area contributed by atoms with Crippen molar-refractivity contribution in [2.75, 3.05) is 40.3 Å². The van der Waals surface area contributed by atoms with Crippen LogP contribution in [0.3, 0.4) is 0 Å². The highest BCUT2D eigenvalue weighted by molar-refractivity contribution is 5.82. The van der Waals surface area contributed by atoms with Gasteiger partial charge in [-0.1, -0.05) is 30.3 Å². The quantitative estimate of drug-likeness (QED) is 0.826. The Balaban J connectivity index is 2.20. The summed E-state index contributed by atoms with van der Waals surface area (Å²) in [5.41, 5.74) is 6.13. The number of carbonyl (C=O) groups is 1. The molecule has 116 valence electrons. The largest absolute Gasteiger partial charge is 0.467 e. The summed E-state index contributed by atoms with van der Waals surface area (Å²) >= 11 is 0. The van der Waals surface area contributed by atoms with Gasteiger partial charge in [0.15, 0.2) is 5.54 Å². The van der Waals surface area contributed by atoms with E-state index in [1.165, 1.54) is 7.11 Å². The van der Waals surface area contributed by atoms with Crippen LogP contribution in [0.1, 0.15) is 12.5 Å². The Bertz CT molecular complexity index is 480. The smallest absolute Gasteiger partial charge is 0.331 e. The van der Waals surface area contributed by atoms with Crippen LogP contribution in [0.15, 0.2) is 30.3 Å². The van der Waals surface area contributed by atoms with Crippen molar-refractivity contribution in [3.05, 3.63) is 35.9 Å². The fourth-order valence-electron chi connectivity index (χ4n) is 2.81. The van der Waals surface area contributed by atoms with Gasteiger partial charge >= 0.3 is 5.97 Å². The normalized spacial score (nSPS) is 23.5. The Hall–Kier alpha value is -1.43. The predicted molar refractivity (Wildman–Crippen MR) is 82.9 cm³/mol. The number of piperazine rings is 1. The second kappa shape index (κ2) is 6.56. The molecule has 1 aromatic rings. The van der Waals surface area contributed by atoms with E-state index in [0.717, 1.165) is 25.2 Å². The van der Waals surface area contributed by atoms with Crippen LogP contribution < -0.4 is 5.73 Å². The standard InChI is InChI=1S/C16H25N3O2/c1-13-11-19(10-9-18(13)2)12-16(17,15(20)21-3)14-7-5-4-6-8-14/h4-8,13H,9-12,17H2,1-3H3. The van der Waals surface area contributed by atoms with Crippen LogP contribution in [0.5, 0.6) is 0 Å². The summed E-state index contributed by atoms with van der Waals surface area (Å²) in [6, 6.07) is 9.93. The summed E-state index contributed by atoms with van der Waals surface area (Å²) in [4.78, 5) is 16.8. The topological polar surface area (TPSA) is 58.8 Å². The lowest BCUT2D eigenvalue weighted by molar-refractivity contribution is -0.148. The first-order valence-corrected chi connectivity index (χ1v) is 7.33. The summed E-state index contributed by atoms with van der Waals surface area (Å²) in [6.45, 7) is 5.45. The highest BCUT2D eigenvalue weighted by Gasteiger charge is 2.40. The molecule has 2 rings (SSSR count). The highest BCUT2D eigenvalue weighted by atomic mass is 16.5. The predicted octanol–water partition coefficient (Wildman–Crippen LogP) is 0.650. The molecular formula is C16H25N3O2. The molecule has 1 heterocycles. The third-order valence-electron chi connectivity index (χ3n) is 4.36. The first-order chi connectivity index (χ1) is 9.97. The van der Waals surface area contributed by atoms with Crippen molar-refractivity contribution in [2.45, 2.75) is 18.5 Å². The monoisotopic (exact) mass is 291 g/mol. The summed E-state index contributed by atoms with van der Waals surface area (Å²) in [7, 11) is 3.51. The van der Waals surface area contributed by atoms with Crippen LogP contribution in [0.2, 0.25) is 0 Å². The molecule has 21 heavy (non-hydrogen) atoms. The first kappa shape index (κ1) is 15.9. The zero-order valence-electron chi connectivity index (χ0n) is 13.1. The molecule has 1 saturated heterocycles. The van der Waals surface area contributed by atoms with E-state index in [4.69, 9.17) is 10.5 Å². The number of esters is 1. The van der Waals surface area contributed by atoms with Crippen molar-refractivity contribution in [1.82, 2.24) is 9.80 Å². The number of hydrogen-bond donors (Lipinski definition) is 1. The van der Waals surface area contributed by atoms with Crippen molar-refractivity contribution >= 4 is 5.97 Å². The van der Waals surface area contributed by atoms with Crippen LogP contribution >= 0.6 is 0 Å². The van der Waals surface area contributed by atoms with E-state index in [1.54, 1.807) is 0 Å². The summed E-state index contributed by atoms with van der Waals surface area (Å²) in [6.07, 6.45) is 0. The van der Waals surface area contributed by atoms with E-state index in [9.17, 15) is 4.79 Å². The minimum Gasteiger partial charge on any atom is -0.467 e. The zero-order valence-corrected chi connectivity index (χ0v) is 13.1. The first-order valence-electron chi connectivity index (χ1n) is 7.33. The van der Waals surface area contributed by atoms with Gasteiger partial charge in [0.05, 0.1) is 7.11 Å². The lowest BCUT2D eigenvalue weighted by atomic mass is 9.90. The van der Waals surface area contributed by atoms with Gasteiger partial charge in [-0.25, -0.2) is 4.79 Å². The van der Waals surface area contributed by atoms with Crippen LogP contribution in [-0.2, 0) is 15.1 Å². The summed E-state index contributed by atoms with van der Waals surface area (Å²) in [5, 5.41) is 0. The van der Waals surface area contributed by atoms with Crippen molar-refractivity contribution in [3.8, 4) is 0 Å². The third kappa shape index (κ3) is 3.43. The third-order valence-corrected chi connectivity index (χ3v) is 4.36. The molecule has 1 aliphatic heterocycles. The molecule has 5 heteroatoms. The Labute approximate surface area is 126 Å². The molecule has 0 radical (unpaired) electrons. The molecule has 2 atom stereocenters. The number of ether oxygens (including phenoxy) is 1. The van der Waals surface area contributed by atoms with Gasteiger partial charge in [0.2, 0.25) is 0 Å². The van der Waals surface area contributed by atoms with Crippen LogP contribution in [0, 0.1) is 0 Å². The molecule has 0 spiro atoms. The molecule has 0 amide bonds. The van der Waals surface area contributed by atoms with Crippen LogP contribution in [0.25, 0.3) is 0 Å². The van der Waals surface area contributed by atoms with Crippen LogP contribution in [0.4, 0.5) is 0 Å². The molecule has 0 saturated carbocycles. The average Bonchev–Trinajstić information content (AvgIpc) is 2.51. The van der Waals surface area contributed by atoms with Crippen LogP contribution in [-0.4, -0.2) is 62.1 Å². The molecule has 0 aromatic heterocycles. The van der Waals surface area contributed by atoms with E-state index in [2.05, 4.69) is 23.8 Å². The number of carbonyl (C=O) groups excluding carboxylic acids is 1. The number of hydrogen-bond acceptors (Lipinski definition) is 5. The molecule has 1 aliphatic rings. The Kier molecular flexibility index (Phi) is 4.98. The van der Waals surface area contributed by atoms with Crippen molar-refractivity contribution in [3.63, 3.8) is 0 Å². The zero-order chi connectivity index (χ0) is 15.5. The highest BCUT2D eigenvalue weighted by Crippen LogP contribution is 2.22. The second-order valence-corrected chi connectivity index (χ2v) is 5.89. The van der Waals surface area contributed by atoms with Gasteiger partial charge < -0.3 is 15.4 Å². The minimum atomic E-state index is -1.12. The average molecular weight is 291 g/mol. The van der Waals surface area contributed by atoms with E-state index < -0.39 is 5.54 Å². The van der Waals surface area contributed by atoms with Gasteiger partial charge in [0.25, 0.3) is 0 Å². The van der Waals surface area contributed by atoms with E-state index >= 15 is 0 Å². The number of rotatable bonds is 4. The summed E-state index contributed by atoms with van der Waals surface area (Å²) < 4.78 is 4.96. The number of benzene rings is 1. The van der Waals surface area contributed by atoms with Crippen molar-refractivity contribution in [2.24, 2.45) is 5.73 Å². The molecule has 2 N–H and O–H groups in total. The van der Waals surface area contributed by atoms with Crippen molar-refractivity contribution in [1.29, 1.82) is 0 Å². The van der Waals surface area contributed by atoms with Gasteiger partial charge in [0, 0.05) is 32.2 Å². The Morgan fingerprint density at radius 3 is 2.62 bits per heavy atom. The molecule has 0 bridgehead atoms. The van der Waals surface area contributed by atoms with Gasteiger partial charge in [-0.05, 0) is 19.5 Å². The second-order valence-electron chi connectivity index (χ2n) is 5.89. The lowest BCUT2D eigenvalue weighted by Crippen LogP contribution is -2.59. The molecule has 2 unspecified atom stereocenters. The van der Waals surface area contributed by atoms with E-state index in [0.29, 0.717) is 12.6 Å². The number of nitrogens with two attached hydrogens (primary N) is 1. The molecular weight excluding hydrogens is 266 g/mol. The Morgan fingerprint density at radius 1 is 1.38 bits per heavy atom. The van der Waals surface area contributed by atoms with E-state index in [-0.39, 0.29) is 5.97 Å². The number of likely N-dealkylation sites (N-methyl/N-ethyl adjacent to an activating group) is 1. The van der Waals surface area contributed by atoms with Gasteiger partial charge in [-0.15, -0.1) is 0 Å². The van der Waals surface area contributed by atoms with Gasteiger partial charge in [-0.2, -0.15) is 0 Å². The molecule has 1 aromatic carbocycles. The maximum Gasteiger partial charge on any atom is 0.331 e. The SMILES string of the molecule is COC(=O)C(N)(CN1CCN(C)C(C)C1)c1ccccc1. The maximum absolute atomic E-state index is 12.3. The molecule has 1 fully saturated rings. The molecule has 0 aliphatic carbocycles. The number of nitrogens with zero attached hydrogens (tertiary/aromatic N) is 2.